The first kappa shape index (κ1) is 19.0. The van der Waals surface area contributed by atoms with Gasteiger partial charge in [0.25, 0.3) is 0 Å². The van der Waals surface area contributed by atoms with Crippen LogP contribution in [0.15, 0.2) is 48.7 Å². The van der Waals surface area contributed by atoms with E-state index in [4.69, 9.17) is 12.2 Å². The first-order valence-electron chi connectivity index (χ1n) is 10.2. The van der Waals surface area contributed by atoms with Gasteiger partial charge in [0.05, 0.1) is 0 Å². The number of aryl methyl sites for hydroxylation is 3. The van der Waals surface area contributed by atoms with E-state index in [9.17, 15) is 0 Å². The van der Waals surface area contributed by atoms with Crippen molar-refractivity contribution in [3.63, 3.8) is 0 Å². The van der Waals surface area contributed by atoms with Gasteiger partial charge in [-0.25, -0.2) is 0 Å². The summed E-state index contributed by atoms with van der Waals surface area (Å²) in [7, 11) is 2.12. The quantitative estimate of drug-likeness (QED) is 0.556. The van der Waals surface area contributed by atoms with Gasteiger partial charge in [-0.3, -0.25) is 0 Å². The lowest BCUT2D eigenvalue weighted by atomic mass is 10.1. The molecule has 4 heteroatoms. The fourth-order valence-electron chi connectivity index (χ4n) is 4.38. The fourth-order valence-corrected chi connectivity index (χ4v) is 4.70. The number of thiocarbonyl (C=S) groups is 1. The molecule has 1 saturated carbocycles. The van der Waals surface area contributed by atoms with Crippen molar-refractivity contribution >= 4 is 33.9 Å². The van der Waals surface area contributed by atoms with Crippen molar-refractivity contribution in [3.8, 4) is 0 Å². The van der Waals surface area contributed by atoms with E-state index in [1.807, 2.05) is 0 Å². The lowest BCUT2D eigenvalue weighted by molar-refractivity contribution is 0.313. The highest BCUT2D eigenvalue weighted by molar-refractivity contribution is 7.80. The van der Waals surface area contributed by atoms with E-state index >= 15 is 0 Å². The van der Waals surface area contributed by atoms with Gasteiger partial charge >= 0.3 is 0 Å². The minimum absolute atomic E-state index is 0.518. The highest BCUT2D eigenvalue weighted by Gasteiger charge is 2.26. The molecule has 4 rings (SSSR count). The van der Waals surface area contributed by atoms with Gasteiger partial charge < -0.3 is 14.8 Å². The molecular formula is C24H29N3S. The molecule has 0 saturated heterocycles. The number of hydrogen-bond acceptors (Lipinski definition) is 1. The summed E-state index contributed by atoms with van der Waals surface area (Å²) in [6.07, 6.45) is 7.29. The number of fused-ring (bicyclic) bond motifs is 1. The summed E-state index contributed by atoms with van der Waals surface area (Å²) in [4.78, 5) is 2.42. The number of anilines is 1. The van der Waals surface area contributed by atoms with E-state index in [0.29, 0.717) is 6.04 Å². The summed E-state index contributed by atoms with van der Waals surface area (Å²) >= 11 is 5.93. The van der Waals surface area contributed by atoms with Gasteiger partial charge in [-0.1, -0.05) is 43.2 Å². The number of para-hydroxylation sites is 1. The van der Waals surface area contributed by atoms with Gasteiger partial charge in [0.2, 0.25) is 0 Å². The minimum Gasteiger partial charge on any atom is -0.350 e. The largest absolute Gasteiger partial charge is 0.350 e. The van der Waals surface area contributed by atoms with Crippen LogP contribution in [0, 0.1) is 13.8 Å². The maximum absolute atomic E-state index is 5.93. The van der Waals surface area contributed by atoms with Gasteiger partial charge in [0, 0.05) is 42.4 Å². The van der Waals surface area contributed by atoms with Crippen LogP contribution in [0.1, 0.15) is 42.4 Å². The molecule has 1 fully saturated rings. The molecule has 146 valence electrons. The molecule has 0 radical (unpaired) electrons. The fraction of sp³-hybridized carbons (Fsp3) is 0.375. The first-order chi connectivity index (χ1) is 13.5. The van der Waals surface area contributed by atoms with Crippen LogP contribution in [0.4, 0.5) is 5.69 Å². The average Bonchev–Trinajstić information content (AvgIpc) is 3.31. The Labute approximate surface area is 173 Å². The maximum atomic E-state index is 5.93. The Morgan fingerprint density at radius 2 is 1.89 bits per heavy atom. The molecule has 2 aromatic carbocycles. The second-order valence-electron chi connectivity index (χ2n) is 8.10. The molecule has 1 heterocycles. The Bertz CT molecular complexity index is 998. The molecular weight excluding hydrogens is 362 g/mol. The zero-order chi connectivity index (χ0) is 19.7. The lowest BCUT2D eigenvalue weighted by Gasteiger charge is -2.32. The Morgan fingerprint density at radius 1 is 1.14 bits per heavy atom. The van der Waals surface area contributed by atoms with E-state index in [0.717, 1.165) is 17.3 Å². The van der Waals surface area contributed by atoms with Gasteiger partial charge in [-0.05, 0) is 67.7 Å². The highest BCUT2D eigenvalue weighted by Crippen LogP contribution is 2.29. The zero-order valence-electron chi connectivity index (χ0n) is 17.0. The number of rotatable bonds is 4. The standard InChI is InChI=1S/C24H29N3S/c1-17-12-13-18(2)22(14-17)25-24(28)27(20-8-4-5-9-20)16-19-15-26(3)23-11-7-6-10-21(19)23/h6-7,10-15,20H,4-5,8-9,16H2,1-3H3,(H,25,28). The van der Waals surface area contributed by atoms with Crippen LogP contribution in [-0.2, 0) is 13.6 Å². The molecule has 0 atom stereocenters. The van der Waals surface area contributed by atoms with Crippen molar-refractivity contribution in [2.24, 2.45) is 7.05 Å². The van der Waals surface area contributed by atoms with Crippen LogP contribution in [-0.4, -0.2) is 20.6 Å². The molecule has 0 bridgehead atoms. The first-order valence-corrected chi connectivity index (χ1v) is 10.6. The van der Waals surface area contributed by atoms with Gasteiger partial charge in [-0.15, -0.1) is 0 Å². The average molecular weight is 392 g/mol. The predicted octanol–water partition coefficient (Wildman–Crippen LogP) is 5.94. The molecule has 28 heavy (non-hydrogen) atoms. The molecule has 1 aliphatic rings. The lowest BCUT2D eigenvalue weighted by Crippen LogP contribution is -2.41. The third kappa shape index (κ3) is 3.79. The van der Waals surface area contributed by atoms with Crippen molar-refractivity contribution in [1.82, 2.24) is 9.47 Å². The molecule has 3 aromatic rings. The predicted molar refractivity (Wildman–Crippen MR) is 123 cm³/mol. The Balaban J connectivity index is 1.63. The monoisotopic (exact) mass is 391 g/mol. The Hall–Kier alpha value is -2.33. The number of nitrogens with one attached hydrogen (secondary N) is 1. The minimum atomic E-state index is 0.518. The number of benzene rings is 2. The third-order valence-corrected chi connectivity index (χ3v) is 6.32. The van der Waals surface area contributed by atoms with Crippen LogP contribution in [0.25, 0.3) is 10.9 Å². The van der Waals surface area contributed by atoms with Crippen molar-refractivity contribution in [1.29, 1.82) is 0 Å². The van der Waals surface area contributed by atoms with E-state index in [1.54, 1.807) is 0 Å². The van der Waals surface area contributed by atoms with Crippen molar-refractivity contribution in [3.05, 3.63) is 65.4 Å². The molecule has 1 aliphatic carbocycles. The van der Waals surface area contributed by atoms with Crippen LogP contribution < -0.4 is 5.32 Å². The second-order valence-corrected chi connectivity index (χ2v) is 8.48. The summed E-state index contributed by atoms with van der Waals surface area (Å²) in [5, 5.41) is 5.72. The summed E-state index contributed by atoms with van der Waals surface area (Å²) < 4.78 is 2.22. The molecule has 0 unspecified atom stereocenters. The zero-order valence-corrected chi connectivity index (χ0v) is 17.9. The van der Waals surface area contributed by atoms with E-state index in [1.165, 1.54) is 53.3 Å². The molecule has 0 spiro atoms. The number of aromatic nitrogens is 1. The summed E-state index contributed by atoms with van der Waals surface area (Å²) in [5.74, 6) is 0. The topological polar surface area (TPSA) is 20.2 Å². The van der Waals surface area contributed by atoms with Crippen molar-refractivity contribution < 1.29 is 0 Å². The molecule has 1 N–H and O–H groups in total. The highest BCUT2D eigenvalue weighted by atomic mass is 32.1. The van der Waals surface area contributed by atoms with Crippen LogP contribution in [0.5, 0.6) is 0 Å². The Morgan fingerprint density at radius 3 is 2.68 bits per heavy atom. The normalized spacial score (nSPS) is 14.5. The van der Waals surface area contributed by atoms with Crippen molar-refractivity contribution in [2.45, 2.75) is 52.1 Å². The molecule has 0 amide bonds. The Kier molecular flexibility index (Phi) is 5.40. The number of nitrogens with zero attached hydrogens (tertiary/aromatic N) is 2. The summed E-state index contributed by atoms with van der Waals surface area (Å²) in [5.41, 5.74) is 6.21. The van der Waals surface area contributed by atoms with Gasteiger partial charge in [0.15, 0.2) is 5.11 Å². The summed E-state index contributed by atoms with van der Waals surface area (Å²) in [6.45, 7) is 5.11. The maximum Gasteiger partial charge on any atom is 0.173 e. The smallest absolute Gasteiger partial charge is 0.173 e. The molecule has 1 aromatic heterocycles. The van der Waals surface area contributed by atoms with Crippen LogP contribution >= 0.6 is 12.2 Å². The number of hydrogen-bond donors (Lipinski definition) is 1. The third-order valence-electron chi connectivity index (χ3n) is 5.98. The second kappa shape index (κ2) is 7.96. The molecule has 3 nitrogen and oxygen atoms in total. The van der Waals surface area contributed by atoms with E-state index < -0.39 is 0 Å². The summed E-state index contributed by atoms with van der Waals surface area (Å²) in [6, 6.07) is 15.6. The van der Waals surface area contributed by atoms with Crippen LogP contribution in [0.3, 0.4) is 0 Å². The van der Waals surface area contributed by atoms with Gasteiger partial charge in [-0.2, -0.15) is 0 Å². The SMILES string of the molecule is Cc1ccc(C)c(NC(=S)N(Cc2cn(C)c3ccccc23)C2CCCC2)c1. The molecule has 0 aliphatic heterocycles. The van der Waals surface area contributed by atoms with Gasteiger partial charge in [0.1, 0.15) is 0 Å². The van der Waals surface area contributed by atoms with Crippen LogP contribution in [0.2, 0.25) is 0 Å². The van der Waals surface area contributed by atoms with E-state index in [-0.39, 0.29) is 0 Å². The van der Waals surface area contributed by atoms with Crippen molar-refractivity contribution in [2.75, 3.05) is 5.32 Å². The van der Waals surface area contributed by atoms with E-state index in [2.05, 4.69) is 84.3 Å².